The van der Waals surface area contributed by atoms with Gasteiger partial charge in [0.05, 0.1) is 5.75 Å². The zero-order valence-corrected chi connectivity index (χ0v) is 13.0. The highest BCUT2D eigenvalue weighted by Gasteiger charge is 2.10. The first-order chi connectivity index (χ1) is 10.6. The summed E-state index contributed by atoms with van der Waals surface area (Å²) in [4.78, 5) is 0. The van der Waals surface area contributed by atoms with Crippen molar-refractivity contribution in [3.63, 3.8) is 0 Å². The molecule has 0 unspecified atom stereocenters. The van der Waals surface area contributed by atoms with Gasteiger partial charge in [-0.2, -0.15) is 0 Å². The minimum Gasteiger partial charge on any atom is -0.346 e. The highest BCUT2D eigenvalue weighted by molar-refractivity contribution is 7.88. The lowest BCUT2D eigenvalue weighted by atomic mass is 10.2. The fraction of sp³-hybridized carbons (Fsp3) is 0.176. The molecule has 0 atom stereocenters. The minimum atomic E-state index is -3.30. The van der Waals surface area contributed by atoms with E-state index < -0.39 is 10.0 Å². The van der Waals surface area contributed by atoms with E-state index >= 15 is 0 Å². The monoisotopic (exact) mass is 314 g/mol. The van der Waals surface area contributed by atoms with E-state index in [1.54, 1.807) is 0 Å². The molecule has 0 saturated heterocycles. The van der Waals surface area contributed by atoms with Crippen molar-refractivity contribution in [3.8, 4) is 0 Å². The molecular formula is C17H18N2O2S. The molecule has 0 aliphatic carbocycles. The molecule has 1 aromatic heterocycles. The number of hydrogen-bond donors (Lipinski definition) is 1. The Morgan fingerprint density at radius 3 is 2.45 bits per heavy atom. The Kier molecular flexibility index (Phi) is 4.27. The second-order valence-corrected chi connectivity index (χ2v) is 7.01. The number of para-hydroxylation sites is 1. The van der Waals surface area contributed by atoms with Crippen LogP contribution < -0.4 is 4.72 Å². The lowest BCUT2D eigenvalue weighted by Gasteiger charge is -2.08. The Hall–Kier alpha value is -2.11. The summed E-state index contributed by atoms with van der Waals surface area (Å²) in [6.45, 7) is 0.995. The maximum absolute atomic E-state index is 12.1. The number of benzene rings is 2. The largest absolute Gasteiger partial charge is 0.346 e. The zero-order valence-electron chi connectivity index (χ0n) is 12.1. The van der Waals surface area contributed by atoms with Crippen molar-refractivity contribution in [2.75, 3.05) is 6.54 Å². The van der Waals surface area contributed by atoms with Gasteiger partial charge in [0.2, 0.25) is 10.0 Å². The first-order valence-electron chi connectivity index (χ1n) is 7.19. The van der Waals surface area contributed by atoms with E-state index in [1.165, 1.54) is 0 Å². The number of nitrogens with one attached hydrogen (secondary N) is 1. The first-order valence-corrected chi connectivity index (χ1v) is 8.84. The molecule has 0 aliphatic heterocycles. The molecule has 0 fully saturated rings. The molecule has 3 rings (SSSR count). The van der Waals surface area contributed by atoms with Crippen molar-refractivity contribution in [3.05, 3.63) is 72.4 Å². The van der Waals surface area contributed by atoms with Gasteiger partial charge in [-0.1, -0.05) is 48.5 Å². The number of aromatic nitrogens is 1. The summed E-state index contributed by atoms with van der Waals surface area (Å²) >= 11 is 0. The third kappa shape index (κ3) is 3.55. The lowest BCUT2D eigenvalue weighted by molar-refractivity contribution is 0.574. The fourth-order valence-corrected chi connectivity index (χ4v) is 3.64. The number of rotatable bonds is 6. The van der Waals surface area contributed by atoms with Gasteiger partial charge in [0.25, 0.3) is 0 Å². The standard InChI is InChI=1S/C17H18N2O2S/c20-22(21,14-15-6-2-1-3-7-15)18-11-13-19-12-10-16-8-4-5-9-17(16)19/h1-10,12,18H,11,13-14H2. The van der Waals surface area contributed by atoms with E-state index in [0.717, 1.165) is 16.5 Å². The highest BCUT2D eigenvalue weighted by Crippen LogP contribution is 2.14. The number of hydrogen-bond acceptors (Lipinski definition) is 2. The molecule has 0 amide bonds. The van der Waals surface area contributed by atoms with E-state index in [0.29, 0.717) is 13.1 Å². The van der Waals surface area contributed by atoms with Crippen LogP contribution >= 0.6 is 0 Å². The van der Waals surface area contributed by atoms with E-state index in [1.807, 2.05) is 66.9 Å². The van der Waals surface area contributed by atoms with E-state index in [4.69, 9.17) is 0 Å². The highest BCUT2D eigenvalue weighted by atomic mass is 32.2. The average molecular weight is 314 g/mol. The summed E-state index contributed by atoms with van der Waals surface area (Å²) in [5.74, 6) is 0.0142. The first kappa shape index (κ1) is 14.8. The van der Waals surface area contributed by atoms with Gasteiger partial charge >= 0.3 is 0 Å². The van der Waals surface area contributed by atoms with E-state index in [-0.39, 0.29) is 5.75 Å². The van der Waals surface area contributed by atoms with E-state index in [2.05, 4.69) is 9.29 Å². The molecule has 1 N–H and O–H groups in total. The maximum Gasteiger partial charge on any atom is 0.215 e. The molecule has 4 nitrogen and oxygen atoms in total. The Morgan fingerprint density at radius 1 is 0.909 bits per heavy atom. The Morgan fingerprint density at radius 2 is 1.64 bits per heavy atom. The van der Waals surface area contributed by atoms with Gasteiger partial charge in [-0.3, -0.25) is 0 Å². The summed E-state index contributed by atoms with van der Waals surface area (Å²) in [7, 11) is -3.30. The fourth-order valence-electron chi connectivity index (χ4n) is 2.50. The number of sulfonamides is 1. The molecule has 114 valence electrons. The van der Waals surface area contributed by atoms with Crippen molar-refractivity contribution < 1.29 is 8.42 Å². The van der Waals surface area contributed by atoms with Crippen LogP contribution in [0.4, 0.5) is 0 Å². The molecule has 0 radical (unpaired) electrons. The van der Waals surface area contributed by atoms with Gasteiger partial charge in [0, 0.05) is 24.8 Å². The molecular weight excluding hydrogens is 296 g/mol. The Labute approximate surface area is 130 Å². The molecule has 0 aliphatic rings. The van der Waals surface area contributed by atoms with Gasteiger partial charge in [-0.25, -0.2) is 13.1 Å². The SMILES string of the molecule is O=S(=O)(Cc1ccccc1)NCCn1ccc2ccccc21. The summed E-state index contributed by atoms with van der Waals surface area (Å²) in [5.41, 5.74) is 1.91. The summed E-state index contributed by atoms with van der Waals surface area (Å²) in [6, 6.07) is 19.3. The van der Waals surface area contributed by atoms with Crippen molar-refractivity contribution in [2.24, 2.45) is 0 Å². The van der Waals surface area contributed by atoms with Crippen LogP contribution in [0.15, 0.2) is 66.9 Å². The quantitative estimate of drug-likeness (QED) is 0.760. The van der Waals surface area contributed by atoms with Gasteiger partial charge in [-0.05, 0) is 23.1 Å². The smallest absolute Gasteiger partial charge is 0.215 e. The van der Waals surface area contributed by atoms with Crippen LogP contribution in [0.3, 0.4) is 0 Å². The van der Waals surface area contributed by atoms with Gasteiger partial charge in [0.15, 0.2) is 0 Å². The topological polar surface area (TPSA) is 51.1 Å². The van der Waals surface area contributed by atoms with Crippen LogP contribution in [0, 0.1) is 0 Å². The Balaban J connectivity index is 1.60. The van der Waals surface area contributed by atoms with Gasteiger partial charge in [0.1, 0.15) is 0 Å². The van der Waals surface area contributed by atoms with Crippen molar-refractivity contribution in [1.29, 1.82) is 0 Å². The van der Waals surface area contributed by atoms with Gasteiger partial charge in [-0.15, -0.1) is 0 Å². The maximum atomic E-state index is 12.1. The molecule has 1 heterocycles. The molecule has 5 heteroatoms. The molecule has 0 spiro atoms. The van der Waals surface area contributed by atoms with Gasteiger partial charge < -0.3 is 4.57 Å². The summed E-state index contributed by atoms with van der Waals surface area (Å²) in [6.07, 6.45) is 1.98. The molecule has 2 aromatic carbocycles. The summed E-state index contributed by atoms with van der Waals surface area (Å²) < 4.78 is 28.9. The molecule has 0 saturated carbocycles. The van der Waals surface area contributed by atoms with Crippen molar-refractivity contribution >= 4 is 20.9 Å². The Bertz CT molecular complexity index is 855. The van der Waals surface area contributed by atoms with Crippen LogP contribution in [0.1, 0.15) is 5.56 Å². The lowest BCUT2D eigenvalue weighted by Crippen LogP contribution is -2.28. The van der Waals surface area contributed by atoms with E-state index in [9.17, 15) is 8.42 Å². The normalized spacial score (nSPS) is 11.8. The molecule has 0 bridgehead atoms. The van der Waals surface area contributed by atoms with Crippen LogP contribution in [0.25, 0.3) is 10.9 Å². The zero-order chi connectivity index (χ0) is 15.4. The average Bonchev–Trinajstić information content (AvgIpc) is 2.91. The van der Waals surface area contributed by atoms with Crippen LogP contribution in [0.2, 0.25) is 0 Å². The van der Waals surface area contributed by atoms with Crippen LogP contribution in [-0.2, 0) is 22.3 Å². The van der Waals surface area contributed by atoms with Crippen LogP contribution in [-0.4, -0.2) is 19.5 Å². The van der Waals surface area contributed by atoms with Crippen LogP contribution in [0.5, 0.6) is 0 Å². The number of nitrogens with zero attached hydrogens (tertiary/aromatic N) is 1. The predicted molar refractivity (Wildman–Crippen MR) is 89.0 cm³/mol. The third-order valence-electron chi connectivity index (χ3n) is 3.55. The second-order valence-electron chi connectivity index (χ2n) is 5.21. The minimum absolute atomic E-state index is 0.0142. The second kappa shape index (κ2) is 6.34. The predicted octanol–water partition coefficient (Wildman–Crippen LogP) is 2.76. The van der Waals surface area contributed by atoms with Crippen molar-refractivity contribution in [1.82, 2.24) is 9.29 Å². The molecule has 3 aromatic rings. The molecule has 22 heavy (non-hydrogen) atoms. The third-order valence-corrected chi connectivity index (χ3v) is 4.91. The van der Waals surface area contributed by atoms with Crippen molar-refractivity contribution in [2.45, 2.75) is 12.3 Å². The number of fused-ring (bicyclic) bond motifs is 1. The summed E-state index contributed by atoms with van der Waals surface area (Å²) in [5, 5.41) is 1.16.